The molecule has 0 aliphatic heterocycles. The number of nitrogens with one attached hydrogen (secondary N) is 1. The summed E-state index contributed by atoms with van der Waals surface area (Å²) in [6.45, 7) is 10.6. The lowest BCUT2D eigenvalue weighted by molar-refractivity contribution is -0.149. The van der Waals surface area contributed by atoms with Crippen LogP contribution >= 0.6 is 0 Å². The molecule has 94 valence electrons. The molecule has 0 saturated heterocycles. The lowest BCUT2D eigenvalue weighted by atomic mass is 9.84. The molecular formula is C13H25NO2. The van der Waals surface area contributed by atoms with Gasteiger partial charge >= 0.3 is 5.97 Å². The van der Waals surface area contributed by atoms with E-state index in [1.54, 1.807) is 6.08 Å². The first kappa shape index (κ1) is 15.2. The Morgan fingerprint density at radius 1 is 1.56 bits per heavy atom. The third-order valence-corrected chi connectivity index (χ3v) is 3.16. The van der Waals surface area contributed by atoms with Gasteiger partial charge in [-0.25, -0.2) is 0 Å². The highest BCUT2D eigenvalue weighted by Gasteiger charge is 2.37. The fourth-order valence-corrected chi connectivity index (χ4v) is 1.84. The van der Waals surface area contributed by atoms with Crippen molar-refractivity contribution in [1.29, 1.82) is 0 Å². The second kappa shape index (κ2) is 7.44. The van der Waals surface area contributed by atoms with Crippen LogP contribution in [0.5, 0.6) is 0 Å². The van der Waals surface area contributed by atoms with Crippen molar-refractivity contribution in [2.75, 3.05) is 13.7 Å². The van der Waals surface area contributed by atoms with Crippen molar-refractivity contribution in [2.24, 2.45) is 5.92 Å². The minimum absolute atomic E-state index is 0.169. The van der Waals surface area contributed by atoms with E-state index < -0.39 is 5.54 Å². The Labute approximate surface area is 99.3 Å². The van der Waals surface area contributed by atoms with Gasteiger partial charge in [-0.15, -0.1) is 6.58 Å². The van der Waals surface area contributed by atoms with Gasteiger partial charge in [-0.1, -0.05) is 33.3 Å². The Morgan fingerprint density at radius 2 is 2.19 bits per heavy atom. The molecule has 0 aliphatic rings. The minimum atomic E-state index is -0.557. The number of ether oxygens (including phenoxy) is 1. The molecular weight excluding hydrogens is 202 g/mol. The summed E-state index contributed by atoms with van der Waals surface area (Å²) in [5.41, 5.74) is -0.557. The van der Waals surface area contributed by atoms with Crippen molar-refractivity contribution in [3.63, 3.8) is 0 Å². The van der Waals surface area contributed by atoms with Crippen molar-refractivity contribution in [2.45, 2.75) is 45.6 Å². The van der Waals surface area contributed by atoms with Gasteiger partial charge in [0.2, 0.25) is 0 Å². The van der Waals surface area contributed by atoms with Crippen LogP contribution in [0.4, 0.5) is 0 Å². The lowest BCUT2D eigenvalue weighted by Crippen LogP contribution is -2.53. The summed E-state index contributed by atoms with van der Waals surface area (Å²) in [6.07, 6.45) is 4.37. The molecule has 3 heteroatoms. The lowest BCUT2D eigenvalue weighted by Gasteiger charge is -2.33. The zero-order chi connectivity index (χ0) is 12.6. The summed E-state index contributed by atoms with van der Waals surface area (Å²) in [5.74, 6) is 0.327. The first-order valence-electron chi connectivity index (χ1n) is 6.00. The molecule has 0 spiro atoms. The highest BCUT2D eigenvalue weighted by atomic mass is 16.5. The summed E-state index contributed by atoms with van der Waals surface area (Å²) in [7, 11) is 1.44. The smallest absolute Gasteiger partial charge is 0.326 e. The van der Waals surface area contributed by atoms with Crippen molar-refractivity contribution in [3.8, 4) is 0 Å². The Kier molecular flexibility index (Phi) is 7.06. The Morgan fingerprint density at radius 3 is 2.56 bits per heavy atom. The van der Waals surface area contributed by atoms with Crippen molar-refractivity contribution < 1.29 is 9.53 Å². The van der Waals surface area contributed by atoms with Crippen LogP contribution in [0.15, 0.2) is 12.7 Å². The van der Waals surface area contributed by atoms with Crippen LogP contribution in [-0.2, 0) is 9.53 Å². The quantitative estimate of drug-likeness (QED) is 0.511. The van der Waals surface area contributed by atoms with Gasteiger partial charge in [0.15, 0.2) is 0 Å². The van der Waals surface area contributed by atoms with E-state index in [-0.39, 0.29) is 5.97 Å². The Hall–Kier alpha value is -0.830. The standard InChI is InChI=1S/C13H25NO2/c1-6-9-14-13(8-3,12(15)16-5)10-11(4)7-2/h6,11,14H,1,7-10H2,2-5H3. The normalized spacial score (nSPS) is 16.2. The number of carbonyl (C=O) groups is 1. The average Bonchev–Trinajstić information content (AvgIpc) is 2.33. The Balaban J connectivity index is 4.79. The molecule has 0 bridgehead atoms. The first-order chi connectivity index (χ1) is 7.56. The molecule has 2 unspecified atom stereocenters. The first-order valence-corrected chi connectivity index (χ1v) is 6.00. The van der Waals surface area contributed by atoms with Crippen LogP contribution in [0.25, 0.3) is 0 Å². The van der Waals surface area contributed by atoms with Gasteiger partial charge in [0.05, 0.1) is 7.11 Å². The average molecular weight is 227 g/mol. The van der Waals surface area contributed by atoms with Crippen LogP contribution in [0.1, 0.15) is 40.0 Å². The molecule has 0 aromatic carbocycles. The Bertz CT molecular complexity index is 228. The van der Waals surface area contributed by atoms with E-state index in [9.17, 15) is 4.79 Å². The molecule has 3 nitrogen and oxygen atoms in total. The zero-order valence-electron chi connectivity index (χ0n) is 11.0. The van der Waals surface area contributed by atoms with E-state index >= 15 is 0 Å². The fourth-order valence-electron chi connectivity index (χ4n) is 1.84. The van der Waals surface area contributed by atoms with Gasteiger partial charge in [-0.05, 0) is 18.8 Å². The number of esters is 1. The number of rotatable bonds is 8. The maximum Gasteiger partial charge on any atom is 0.326 e. The van der Waals surface area contributed by atoms with Gasteiger partial charge in [0.25, 0.3) is 0 Å². The number of hydrogen-bond acceptors (Lipinski definition) is 3. The molecule has 1 N–H and O–H groups in total. The third-order valence-electron chi connectivity index (χ3n) is 3.16. The van der Waals surface area contributed by atoms with E-state index in [1.807, 2.05) is 6.92 Å². The number of hydrogen-bond donors (Lipinski definition) is 1. The summed E-state index contributed by atoms with van der Waals surface area (Å²) in [5, 5.41) is 3.26. The third kappa shape index (κ3) is 3.97. The molecule has 16 heavy (non-hydrogen) atoms. The molecule has 0 saturated carbocycles. The second-order valence-corrected chi connectivity index (χ2v) is 4.31. The van der Waals surface area contributed by atoms with Crippen molar-refractivity contribution in [3.05, 3.63) is 12.7 Å². The fraction of sp³-hybridized carbons (Fsp3) is 0.769. The maximum atomic E-state index is 11.9. The summed E-state index contributed by atoms with van der Waals surface area (Å²) in [6, 6.07) is 0. The predicted molar refractivity (Wildman–Crippen MR) is 67.3 cm³/mol. The van der Waals surface area contributed by atoms with Crippen molar-refractivity contribution in [1.82, 2.24) is 5.32 Å². The molecule has 0 aliphatic carbocycles. The highest BCUT2D eigenvalue weighted by molar-refractivity contribution is 5.80. The SMILES string of the molecule is C=CCNC(CC)(CC(C)CC)C(=O)OC. The largest absolute Gasteiger partial charge is 0.468 e. The van der Waals surface area contributed by atoms with Crippen LogP contribution in [0.2, 0.25) is 0 Å². The van der Waals surface area contributed by atoms with Crippen LogP contribution in [-0.4, -0.2) is 25.2 Å². The van der Waals surface area contributed by atoms with Crippen LogP contribution in [0.3, 0.4) is 0 Å². The predicted octanol–water partition coefficient (Wildman–Crippen LogP) is 2.52. The minimum Gasteiger partial charge on any atom is -0.468 e. The van der Waals surface area contributed by atoms with E-state index in [0.717, 1.165) is 19.3 Å². The zero-order valence-corrected chi connectivity index (χ0v) is 11.0. The molecule has 0 rings (SSSR count). The van der Waals surface area contributed by atoms with Crippen LogP contribution in [0, 0.1) is 5.92 Å². The molecule has 0 heterocycles. The van der Waals surface area contributed by atoms with E-state index in [0.29, 0.717) is 12.5 Å². The maximum absolute atomic E-state index is 11.9. The number of carbonyl (C=O) groups excluding carboxylic acids is 1. The van der Waals surface area contributed by atoms with Gasteiger partial charge in [-0.3, -0.25) is 10.1 Å². The molecule has 0 aromatic heterocycles. The van der Waals surface area contributed by atoms with E-state index in [4.69, 9.17) is 4.74 Å². The van der Waals surface area contributed by atoms with Crippen molar-refractivity contribution >= 4 is 5.97 Å². The number of methoxy groups -OCH3 is 1. The summed E-state index contributed by atoms with van der Waals surface area (Å²) < 4.78 is 4.91. The molecule has 2 atom stereocenters. The molecule has 0 fully saturated rings. The van der Waals surface area contributed by atoms with Gasteiger partial charge in [0.1, 0.15) is 5.54 Å². The van der Waals surface area contributed by atoms with Crippen LogP contribution < -0.4 is 5.32 Å². The molecule has 0 aromatic rings. The van der Waals surface area contributed by atoms with Gasteiger partial charge in [0, 0.05) is 6.54 Å². The second-order valence-electron chi connectivity index (χ2n) is 4.31. The topological polar surface area (TPSA) is 38.3 Å². The molecule has 0 radical (unpaired) electrons. The summed E-state index contributed by atoms with van der Waals surface area (Å²) >= 11 is 0. The summed E-state index contributed by atoms with van der Waals surface area (Å²) in [4.78, 5) is 11.9. The monoisotopic (exact) mass is 227 g/mol. The van der Waals surface area contributed by atoms with Gasteiger partial charge in [-0.2, -0.15) is 0 Å². The molecule has 0 amide bonds. The van der Waals surface area contributed by atoms with E-state index in [1.165, 1.54) is 7.11 Å². The highest BCUT2D eigenvalue weighted by Crippen LogP contribution is 2.24. The van der Waals surface area contributed by atoms with Gasteiger partial charge < -0.3 is 4.74 Å². The van der Waals surface area contributed by atoms with E-state index in [2.05, 4.69) is 25.7 Å².